The van der Waals surface area contributed by atoms with Gasteiger partial charge in [-0.1, -0.05) is 13.8 Å². The number of nitrogens with zero attached hydrogens (tertiary/aromatic N) is 2. The average molecular weight is 300 g/mol. The lowest BCUT2D eigenvalue weighted by Crippen LogP contribution is -2.31. The molecule has 1 aromatic carbocycles. The van der Waals surface area contributed by atoms with Gasteiger partial charge in [0.2, 0.25) is 0 Å². The molecule has 3 rings (SSSR count). The van der Waals surface area contributed by atoms with Gasteiger partial charge in [0.25, 0.3) is 5.91 Å². The van der Waals surface area contributed by atoms with Gasteiger partial charge in [-0.15, -0.1) is 0 Å². The number of fused-ring (bicyclic) bond motifs is 1. The maximum atomic E-state index is 12.5. The largest absolute Gasteiger partial charge is 0.508 e. The highest BCUT2D eigenvalue weighted by atomic mass is 16.3. The highest BCUT2D eigenvalue weighted by molar-refractivity contribution is 6.06. The van der Waals surface area contributed by atoms with Crippen molar-refractivity contribution in [3.63, 3.8) is 0 Å². The SMILES string of the molecule is CC(C)C(NC(=O)c1coc2cc(O)ccc12)c1cn[nH]n1. The van der Waals surface area contributed by atoms with Crippen LogP contribution in [0.3, 0.4) is 0 Å². The first kappa shape index (κ1) is 14.1. The molecule has 0 bridgehead atoms. The third kappa shape index (κ3) is 2.52. The standard InChI is InChI=1S/C15H16N4O3/c1-8(2)14(12-6-16-19-18-12)17-15(21)11-7-22-13-5-9(20)3-4-10(11)13/h3-8,14,20H,1-2H3,(H,17,21)(H,16,18,19). The summed E-state index contributed by atoms with van der Waals surface area (Å²) >= 11 is 0. The lowest BCUT2D eigenvalue weighted by molar-refractivity contribution is 0.0925. The minimum atomic E-state index is -0.258. The van der Waals surface area contributed by atoms with Crippen molar-refractivity contribution in [3.05, 3.63) is 41.9 Å². The van der Waals surface area contributed by atoms with E-state index < -0.39 is 0 Å². The van der Waals surface area contributed by atoms with Crippen molar-refractivity contribution < 1.29 is 14.3 Å². The third-order valence-corrected chi connectivity index (χ3v) is 3.51. The molecule has 7 nitrogen and oxygen atoms in total. The minimum absolute atomic E-state index is 0.0939. The smallest absolute Gasteiger partial charge is 0.255 e. The first-order valence-electron chi connectivity index (χ1n) is 6.93. The molecule has 1 amide bonds. The van der Waals surface area contributed by atoms with Crippen LogP contribution in [0.1, 0.15) is 35.9 Å². The lowest BCUT2D eigenvalue weighted by atomic mass is 10.0. The van der Waals surface area contributed by atoms with Crippen molar-refractivity contribution in [2.24, 2.45) is 5.92 Å². The number of furan rings is 1. The van der Waals surface area contributed by atoms with Crippen molar-refractivity contribution in [2.75, 3.05) is 0 Å². The number of hydrogen-bond donors (Lipinski definition) is 3. The van der Waals surface area contributed by atoms with Gasteiger partial charge in [0.1, 0.15) is 23.3 Å². The fourth-order valence-corrected chi connectivity index (χ4v) is 2.35. The van der Waals surface area contributed by atoms with Gasteiger partial charge in [-0.3, -0.25) is 4.79 Å². The molecule has 7 heteroatoms. The van der Waals surface area contributed by atoms with Crippen LogP contribution in [-0.4, -0.2) is 26.4 Å². The Morgan fingerprint density at radius 2 is 2.23 bits per heavy atom. The number of aromatic amines is 1. The first-order chi connectivity index (χ1) is 10.6. The molecule has 0 aliphatic rings. The monoisotopic (exact) mass is 300 g/mol. The van der Waals surface area contributed by atoms with E-state index in [0.29, 0.717) is 22.2 Å². The molecule has 0 saturated carbocycles. The van der Waals surface area contributed by atoms with E-state index in [2.05, 4.69) is 20.7 Å². The number of nitrogens with one attached hydrogen (secondary N) is 2. The number of H-pyrrole nitrogens is 1. The van der Waals surface area contributed by atoms with E-state index in [1.807, 2.05) is 13.8 Å². The van der Waals surface area contributed by atoms with E-state index in [1.165, 1.54) is 18.4 Å². The number of hydrogen-bond acceptors (Lipinski definition) is 5. The summed E-state index contributed by atoms with van der Waals surface area (Å²) in [6.45, 7) is 3.98. The number of aromatic nitrogens is 3. The van der Waals surface area contributed by atoms with E-state index in [1.54, 1.807) is 12.3 Å². The molecule has 22 heavy (non-hydrogen) atoms. The van der Waals surface area contributed by atoms with Crippen molar-refractivity contribution in [3.8, 4) is 5.75 Å². The molecule has 0 fully saturated rings. The summed E-state index contributed by atoms with van der Waals surface area (Å²) < 4.78 is 5.33. The Bertz CT molecular complexity index is 792. The maximum absolute atomic E-state index is 12.5. The fraction of sp³-hybridized carbons (Fsp3) is 0.267. The van der Waals surface area contributed by atoms with Gasteiger partial charge in [0, 0.05) is 11.5 Å². The summed E-state index contributed by atoms with van der Waals surface area (Å²) in [7, 11) is 0. The Morgan fingerprint density at radius 1 is 1.41 bits per heavy atom. The summed E-state index contributed by atoms with van der Waals surface area (Å²) in [6.07, 6.45) is 2.98. The number of amides is 1. The number of carbonyl (C=O) groups is 1. The van der Waals surface area contributed by atoms with Gasteiger partial charge >= 0.3 is 0 Å². The normalized spacial score (nSPS) is 12.7. The van der Waals surface area contributed by atoms with Gasteiger partial charge in [0.15, 0.2) is 0 Å². The first-order valence-corrected chi connectivity index (χ1v) is 6.93. The van der Waals surface area contributed by atoms with Gasteiger partial charge in [-0.05, 0) is 18.1 Å². The number of carbonyl (C=O) groups excluding carboxylic acids is 1. The Hall–Kier alpha value is -2.83. The van der Waals surface area contributed by atoms with E-state index in [4.69, 9.17) is 4.42 Å². The molecule has 0 aliphatic carbocycles. The maximum Gasteiger partial charge on any atom is 0.255 e. The predicted octanol–water partition coefficient (Wildman–Crippen LogP) is 2.38. The van der Waals surface area contributed by atoms with Crippen molar-refractivity contribution in [1.82, 2.24) is 20.7 Å². The second kappa shape index (κ2) is 5.51. The van der Waals surface area contributed by atoms with Crippen molar-refractivity contribution in [1.29, 1.82) is 0 Å². The van der Waals surface area contributed by atoms with Crippen LogP contribution in [-0.2, 0) is 0 Å². The predicted molar refractivity (Wildman–Crippen MR) is 79.3 cm³/mol. The zero-order valence-electron chi connectivity index (χ0n) is 12.2. The van der Waals surface area contributed by atoms with Crippen LogP contribution in [0.4, 0.5) is 0 Å². The topological polar surface area (TPSA) is 104 Å². The number of phenolic OH excluding ortho intramolecular Hbond substituents is 1. The van der Waals surface area contributed by atoms with Gasteiger partial charge in [0.05, 0.1) is 17.8 Å². The van der Waals surface area contributed by atoms with Crippen molar-refractivity contribution >= 4 is 16.9 Å². The van der Waals surface area contributed by atoms with Crippen LogP contribution in [0.5, 0.6) is 5.75 Å². The highest BCUT2D eigenvalue weighted by Crippen LogP contribution is 2.26. The molecule has 0 saturated heterocycles. The van der Waals surface area contributed by atoms with E-state index >= 15 is 0 Å². The summed E-state index contributed by atoms with van der Waals surface area (Å²) in [5.41, 5.74) is 1.56. The molecule has 2 heterocycles. The molecule has 3 N–H and O–H groups in total. The van der Waals surface area contributed by atoms with E-state index in [-0.39, 0.29) is 23.6 Å². The second-order valence-corrected chi connectivity index (χ2v) is 5.42. The molecular formula is C15H16N4O3. The molecule has 2 aromatic heterocycles. The van der Waals surface area contributed by atoms with Crippen LogP contribution in [0.25, 0.3) is 11.0 Å². The molecule has 1 unspecified atom stereocenters. The second-order valence-electron chi connectivity index (χ2n) is 5.42. The van der Waals surface area contributed by atoms with Crippen LogP contribution < -0.4 is 5.32 Å². The average Bonchev–Trinajstić information content (AvgIpc) is 3.12. The zero-order valence-corrected chi connectivity index (χ0v) is 12.2. The zero-order chi connectivity index (χ0) is 15.7. The molecule has 0 spiro atoms. The van der Waals surface area contributed by atoms with Crippen LogP contribution in [0.15, 0.2) is 35.1 Å². The summed E-state index contributed by atoms with van der Waals surface area (Å²) in [5, 5.41) is 23.4. The molecule has 114 valence electrons. The van der Waals surface area contributed by atoms with Gasteiger partial charge in [-0.25, -0.2) is 0 Å². The van der Waals surface area contributed by atoms with Crippen LogP contribution >= 0.6 is 0 Å². The summed E-state index contributed by atoms with van der Waals surface area (Å²) in [4.78, 5) is 12.5. The molecule has 1 atom stereocenters. The number of benzene rings is 1. The summed E-state index contributed by atoms with van der Waals surface area (Å²) in [5.74, 6) is -0.0149. The third-order valence-electron chi connectivity index (χ3n) is 3.51. The number of aromatic hydroxyl groups is 1. The van der Waals surface area contributed by atoms with Gasteiger partial charge in [-0.2, -0.15) is 15.4 Å². The van der Waals surface area contributed by atoms with E-state index in [0.717, 1.165) is 0 Å². The van der Waals surface area contributed by atoms with Crippen LogP contribution in [0, 0.1) is 5.92 Å². The fourth-order valence-electron chi connectivity index (χ4n) is 2.35. The number of rotatable bonds is 4. The highest BCUT2D eigenvalue weighted by Gasteiger charge is 2.23. The molecular weight excluding hydrogens is 284 g/mol. The summed E-state index contributed by atoms with van der Waals surface area (Å²) in [6, 6.07) is 4.40. The van der Waals surface area contributed by atoms with Crippen molar-refractivity contribution in [2.45, 2.75) is 19.9 Å². The quantitative estimate of drug-likeness (QED) is 0.686. The van der Waals surface area contributed by atoms with Gasteiger partial charge < -0.3 is 14.8 Å². The molecule has 0 radical (unpaired) electrons. The molecule has 3 aromatic rings. The van der Waals surface area contributed by atoms with E-state index in [9.17, 15) is 9.90 Å². The Kier molecular flexibility index (Phi) is 3.54. The lowest BCUT2D eigenvalue weighted by Gasteiger charge is -2.19. The molecule has 0 aliphatic heterocycles. The Labute approximate surface area is 126 Å². The Balaban J connectivity index is 1.89. The number of phenols is 1. The Morgan fingerprint density at radius 3 is 2.91 bits per heavy atom. The van der Waals surface area contributed by atoms with Crippen LogP contribution in [0.2, 0.25) is 0 Å². The minimum Gasteiger partial charge on any atom is -0.508 e.